The number of fused-ring (bicyclic) bond motifs is 28. The Labute approximate surface area is 739 Å². The van der Waals surface area contributed by atoms with Gasteiger partial charge in [0.15, 0.2) is 34.5 Å². The number of aromatic nitrogens is 8. The number of hydrogen-bond donors (Lipinski definition) is 4. The molecule has 20 fully saturated rings. The maximum atomic E-state index is 13.5. The van der Waals surface area contributed by atoms with Gasteiger partial charge in [-0.05, 0) is 445 Å². The minimum Gasteiger partial charge on any atom is -0.390 e. The Hall–Kier alpha value is -5.87. The van der Waals surface area contributed by atoms with Crippen molar-refractivity contribution in [1.29, 1.82) is 5.26 Å². The molecule has 0 aliphatic heterocycles. The van der Waals surface area contributed by atoms with Crippen LogP contribution in [-0.2, 0) is 51.5 Å². The van der Waals surface area contributed by atoms with Gasteiger partial charge in [0, 0.05) is 48.5 Å². The fraction of sp³-hybridized carbons (Fsp3) is 0.827. The van der Waals surface area contributed by atoms with Crippen LogP contribution in [0, 0.1) is 236 Å². The van der Waals surface area contributed by atoms with Crippen molar-refractivity contribution < 1.29 is 52.8 Å². The maximum absolute atomic E-state index is 13.5. The molecule has 678 valence electrons. The Kier molecular flexibility index (Phi) is 21.0. The lowest BCUT2D eigenvalue weighted by Crippen LogP contribution is -2.52. The number of hydrogen-bond acceptors (Lipinski definition) is 13. The highest BCUT2D eigenvalue weighted by Gasteiger charge is 2.76. The van der Waals surface area contributed by atoms with Gasteiger partial charge in [-0.2, -0.15) is 38.8 Å². The number of nitrogens with zero attached hydrogens (tertiary/aromatic N) is 10. The van der Waals surface area contributed by atoms with E-state index in [1.165, 1.54) is 139 Å². The average molecular weight is 1720 g/mol. The Bertz CT molecular complexity index is 4750. The van der Waals surface area contributed by atoms with Gasteiger partial charge in [0.25, 0.3) is 0 Å². The molecule has 4 N–H and O–H groups in total. The zero-order valence-electron chi connectivity index (χ0n) is 76.1. The number of ketones is 4. The van der Waals surface area contributed by atoms with Crippen molar-refractivity contribution in [2.75, 3.05) is 0 Å². The Balaban J connectivity index is 0.000000102. The molecule has 125 heavy (non-hydrogen) atoms. The minimum atomic E-state index is -4.48. The zero-order chi connectivity index (χ0) is 87.3. The molecule has 18 nitrogen and oxygen atoms in total. The fourth-order valence-corrected chi connectivity index (χ4v) is 37.8. The van der Waals surface area contributed by atoms with Crippen molar-refractivity contribution in [1.82, 2.24) is 39.1 Å². The standard InChI is InChI=1S/C26H35F3N2O2.2C26H35N3O2.C26H38N2O2/c1-24(33)8-5-15-14(12-24)3-4-17-16(15)6-9-25(2)22(17)18-11-19(18)23(25)20(32)13-31-10-7-21(30-31)26(27,28)29;1-25(31)8-6-17-15(11-25)4-5-19-18(17)7-9-26(2)23(19)20-10-21(20)24(26)22(30)14-29-13-16(27-3)12-28-29;1-25(31)8-5-17-15(12-25)3-4-19-18(17)6-9-26(2)23(19)20-11-21(20)24(26)22(30)14-29-10-7-16(13-27)28-29;1-15-12-27-28(13-15)14-22(29)24-21-10-20(21)23-19-5-4-16-11-25(2,30)8-6-17(16)18(19)7-9-26(23,24)3/h7,10,14-19,22-23,33H,3-6,8-9,11-13H2,1-2H3;12-13,15,17-21,23-24,31H,4-11,14H2,1-2H3;7,10,15,17-21,23-24,31H,3-6,8-9,11-12,14H2,1-2H3;12-13,16-21,23-24,30H,4-11,14H2,1-3H3/t14-,15+,16-,17-,18-,19+,22-,23-,24-,25+;2*15-,17+,18-,19-,20-,21+,23-,24-,25-,26+;16-,17+,18-,19-,20-,21+,23-,24-,25-,26+/m1111/s1. The van der Waals surface area contributed by atoms with E-state index in [-0.39, 0.29) is 57.7 Å². The van der Waals surface area contributed by atoms with Gasteiger partial charge < -0.3 is 20.4 Å². The summed E-state index contributed by atoms with van der Waals surface area (Å²) in [6.07, 6.45) is 42.9. The van der Waals surface area contributed by atoms with Crippen molar-refractivity contribution in [2.24, 2.45) is 211 Å². The number of aryl methyl sites for hydroxylation is 1. The van der Waals surface area contributed by atoms with Gasteiger partial charge in [0.05, 0.1) is 67.5 Å². The van der Waals surface area contributed by atoms with Crippen molar-refractivity contribution >= 4 is 28.8 Å². The first kappa shape index (κ1) is 85.9. The Morgan fingerprint density at radius 2 is 0.712 bits per heavy atom. The highest BCUT2D eigenvalue weighted by Crippen LogP contribution is 2.80. The summed E-state index contributed by atoms with van der Waals surface area (Å²) in [7, 11) is 0. The number of alkyl halides is 3. The Morgan fingerprint density at radius 1 is 0.408 bits per heavy atom. The van der Waals surface area contributed by atoms with Crippen molar-refractivity contribution in [3.05, 3.63) is 77.7 Å². The summed E-state index contributed by atoms with van der Waals surface area (Å²) < 4.78 is 45.2. The molecule has 24 rings (SSSR count). The van der Waals surface area contributed by atoms with Gasteiger partial charge in [0.1, 0.15) is 6.07 Å². The van der Waals surface area contributed by atoms with Crippen molar-refractivity contribution in [3.8, 4) is 6.07 Å². The summed E-state index contributed by atoms with van der Waals surface area (Å²) in [5.74, 6) is 21.8. The number of nitriles is 1. The molecule has 0 spiro atoms. The van der Waals surface area contributed by atoms with Gasteiger partial charge in [-0.1, -0.05) is 27.7 Å². The highest BCUT2D eigenvalue weighted by atomic mass is 19.4. The topological polar surface area (TPSA) is 249 Å². The third-order valence-corrected chi connectivity index (χ3v) is 42.0. The van der Waals surface area contributed by atoms with E-state index in [0.29, 0.717) is 131 Å². The number of carbonyl (C=O) groups is 4. The van der Waals surface area contributed by atoms with Crippen LogP contribution in [0.2, 0.25) is 0 Å². The van der Waals surface area contributed by atoms with Crippen molar-refractivity contribution in [2.45, 2.75) is 323 Å². The smallest absolute Gasteiger partial charge is 0.390 e. The van der Waals surface area contributed by atoms with Crippen LogP contribution in [0.5, 0.6) is 0 Å². The predicted octanol–water partition coefficient (Wildman–Crippen LogP) is 19.1. The van der Waals surface area contributed by atoms with E-state index in [1.54, 1.807) is 34.0 Å². The number of aliphatic hydroxyl groups is 4. The molecule has 0 saturated heterocycles. The molecule has 4 aromatic rings. The van der Waals surface area contributed by atoms with Crippen LogP contribution in [0.25, 0.3) is 4.85 Å². The molecule has 20 saturated carbocycles. The second-order valence-electron chi connectivity index (χ2n) is 49.2. The molecule has 21 heteroatoms. The minimum absolute atomic E-state index is 0.0289. The Morgan fingerprint density at radius 3 is 1.00 bits per heavy atom. The average Bonchev–Trinajstić information content (AvgIpc) is 1.53. The van der Waals surface area contributed by atoms with Gasteiger partial charge in [-0.25, -0.2) is 4.85 Å². The molecule has 4 aromatic heterocycles. The van der Waals surface area contributed by atoms with E-state index in [4.69, 9.17) is 11.8 Å². The van der Waals surface area contributed by atoms with E-state index >= 15 is 0 Å². The van der Waals surface area contributed by atoms with E-state index in [0.717, 1.165) is 172 Å². The zero-order valence-corrected chi connectivity index (χ0v) is 76.1. The highest BCUT2D eigenvalue weighted by molar-refractivity contribution is 5.85. The summed E-state index contributed by atoms with van der Waals surface area (Å²) in [6, 6.07) is 4.71. The second-order valence-corrected chi connectivity index (χ2v) is 49.2. The lowest BCUT2D eigenvalue weighted by atomic mass is 9.48. The summed E-state index contributed by atoms with van der Waals surface area (Å²) in [5, 5.41) is 68.0. The first-order chi connectivity index (χ1) is 59.4. The first-order valence-corrected chi connectivity index (χ1v) is 50.3. The predicted molar refractivity (Wildman–Crippen MR) is 464 cm³/mol. The van der Waals surface area contributed by atoms with E-state index in [9.17, 15) is 52.8 Å². The quantitative estimate of drug-likeness (QED) is 0.0965. The van der Waals surface area contributed by atoms with Gasteiger partial charge >= 0.3 is 6.18 Å². The second kappa shape index (κ2) is 30.6. The maximum Gasteiger partial charge on any atom is 0.435 e. The molecular weight excluding hydrogens is 1570 g/mol. The van der Waals surface area contributed by atoms with Gasteiger partial charge in [0.2, 0.25) is 5.69 Å². The van der Waals surface area contributed by atoms with Gasteiger partial charge in [-0.3, -0.25) is 37.9 Å². The molecule has 4 heterocycles. The number of carbonyl (C=O) groups excluding carboxylic acids is 4. The molecule has 20 aliphatic rings. The molecule has 0 amide bonds. The van der Waals surface area contributed by atoms with E-state index in [2.05, 4.69) is 65.9 Å². The molecule has 0 aromatic carbocycles. The number of rotatable bonds is 12. The molecule has 40 atom stereocenters. The fourth-order valence-electron chi connectivity index (χ4n) is 37.8. The largest absolute Gasteiger partial charge is 0.435 e. The van der Waals surface area contributed by atoms with Gasteiger partial charge in [-0.15, -0.1) is 0 Å². The molecular formula is C104H143F3N10O8. The normalized spacial score (nSPS) is 49.9. The van der Waals surface area contributed by atoms with Crippen LogP contribution in [0.4, 0.5) is 18.9 Å². The SMILES string of the molecule is C[C@@]1(O)CC[C@H]2[C@H](CC[C@@H]3[C@@H]2CC[C@@]2(C)[C@H]3[C@@H]3C[C@@H]3[C@@H]2C(=O)Cn2ccc(C#N)n2)C1.C[C@@]1(O)CC[C@H]2[C@H](CC[C@@H]3[C@@H]2CC[C@@]2(C)[C@H]3[C@@H]3C[C@@H]3[C@@H]2C(=O)Cn2ccc(C(F)(F)F)n2)C1.Cc1cnn(CC(=O)[C@H]2[C@H]3C[C@H]3[C@H]3[C@@H]4CC[C@@H]5C[C@](C)(O)CC[C@@H]5[C@H]4CC[C@@]32C)c1.[C-]#[N+]c1cnn(CC(=O)[C@H]2[C@H]3C[C@H]3[C@H]3[C@@H]4CC[C@@H]5C[C@](C)(O)CC[C@@H]5[C@H]4CC[C@@]32C)c1. The summed E-state index contributed by atoms with van der Waals surface area (Å²) in [5.41, 5.74) is -0.294. The van der Waals surface area contributed by atoms with E-state index < -0.39 is 34.3 Å². The number of Topliss-reactive ketones (excluding diaryl/α,β-unsaturated/α-hetero) is 4. The van der Waals surface area contributed by atoms with Crippen LogP contribution in [0.3, 0.4) is 0 Å². The molecule has 0 radical (unpaired) electrons. The molecule has 0 bridgehead atoms. The molecule has 20 aliphatic carbocycles. The van der Waals surface area contributed by atoms with Crippen LogP contribution in [0.15, 0.2) is 49.3 Å². The monoisotopic (exact) mass is 1720 g/mol. The summed E-state index contributed by atoms with van der Waals surface area (Å²) >= 11 is 0. The lowest BCUT2D eigenvalue weighted by Gasteiger charge is -2.57. The third-order valence-electron chi connectivity index (χ3n) is 42.0. The van der Waals surface area contributed by atoms with Crippen LogP contribution >= 0.6 is 0 Å². The first-order valence-electron chi connectivity index (χ1n) is 50.3. The summed E-state index contributed by atoms with van der Waals surface area (Å²) in [4.78, 5) is 57.4. The molecule has 0 unspecified atom stereocenters. The van der Waals surface area contributed by atoms with Crippen LogP contribution in [-0.4, -0.2) is 105 Å². The van der Waals surface area contributed by atoms with Crippen molar-refractivity contribution in [3.63, 3.8) is 0 Å². The summed E-state index contributed by atoms with van der Waals surface area (Å²) in [6.45, 7) is 28.0. The van der Waals surface area contributed by atoms with E-state index in [1.807, 2.05) is 44.8 Å². The lowest BCUT2D eigenvalue weighted by molar-refractivity contribution is -0.142. The third kappa shape index (κ3) is 14.8. The van der Waals surface area contributed by atoms with Crippen LogP contribution in [0.1, 0.15) is 278 Å². The van der Waals surface area contributed by atoms with Crippen LogP contribution < -0.4 is 0 Å². The number of halogens is 3.